The van der Waals surface area contributed by atoms with Crippen molar-refractivity contribution in [3.05, 3.63) is 76.6 Å². The normalized spacial score (nSPS) is 13.3. The van der Waals surface area contributed by atoms with Crippen LogP contribution in [0.2, 0.25) is 5.02 Å². The number of amides is 1. The summed E-state index contributed by atoms with van der Waals surface area (Å²) >= 11 is 6.02. The van der Waals surface area contributed by atoms with Crippen molar-refractivity contribution in [1.82, 2.24) is 14.9 Å². The van der Waals surface area contributed by atoms with Crippen molar-refractivity contribution in [1.29, 1.82) is 0 Å². The highest BCUT2D eigenvalue weighted by Crippen LogP contribution is 2.29. The molecule has 2 aromatic carbocycles. The molecular formula is C21H18ClN3O2. The second kappa shape index (κ2) is 7.29. The largest absolute Gasteiger partial charge is 0.488 e. The molecule has 0 fully saturated rings. The monoisotopic (exact) mass is 379 g/mol. The van der Waals surface area contributed by atoms with Gasteiger partial charge in [0.05, 0.1) is 17.6 Å². The number of ether oxygens (including phenoxy) is 1. The molecule has 27 heavy (non-hydrogen) atoms. The fraction of sp³-hybridized carbons (Fsp3) is 0.143. The number of nitrogens with zero attached hydrogens (tertiary/aromatic N) is 2. The average molecular weight is 380 g/mol. The number of nitrogens with one attached hydrogen (secondary N) is 1. The molecule has 2 heterocycles. The number of rotatable bonds is 4. The average Bonchev–Trinajstić information content (AvgIpc) is 3.00. The molecule has 0 atom stereocenters. The van der Waals surface area contributed by atoms with Gasteiger partial charge in [-0.05, 0) is 42.0 Å². The van der Waals surface area contributed by atoms with E-state index in [-0.39, 0.29) is 5.91 Å². The minimum atomic E-state index is -0.181. The van der Waals surface area contributed by atoms with Crippen LogP contribution in [-0.2, 0) is 18.4 Å². The Kier molecular flexibility index (Phi) is 4.69. The molecule has 1 aliphatic heterocycles. The second-order valence-electron chi connectivity index (χ2n) is 6.32. The lowest BCUT2D eigenvalue weighted by Gasteiger charge is -2.16. The van der Waals surface area contributed by atoms with E-state index in [1.165, 1.54) is 6.08 Å². The first-order chi connectivity index (χ1) is 13.1. The van der Waals surface area contributed by atoms with Crippen LogP contribution in [0.1, 0.15) is 11.4 Å². The minimum absolute atomic E-state index is 0.181. The standard InChI is InChI=1S/C21H18ClN3O2/c1-25-18-5-3-2-4-17(18)24-20(25)12-23-21(26)9-6-14-10-15-11-16(22)7-8-19(15)27-13-14/h2-11H,12-13H2,1H3,(H,23,26)/b9-6+. The maximum absolute atomic E-state index is 12.2. The lowest BCUT2D eigenvalue weighted by atomic mass is 10.1. The molecule has 0 spiro atoms. The molecule has 0 radical (unpaired) electrons. The molecule has 6 heteroatoms. The zero-order valence-corrected chi connectivity index (χ0v) is 15.5. The van der Waals surface area contributed by atoms with Crippen LogP contribution in [0.4, 0.5) is 0 Å². The highest BCUT2D eigenvalue weighted by atomic mass is 35.5. The van der Waals surface area contributed by atoms with Crippen LogP contribution in [0.3, 0.4) is 0 Å². The van der Waals surface area contributed by atoms with Crippen LogP contribution in [0.15, 0.2) is 60.2 Å². The number of carbonyl (C=O) groups is 1. The topological polar surface area (TPSA) is 56.2 Å². The highest BCUT2D eigenvalue weighted by molar-refractivity contribution is 6.30. The Hall–Kier alpha value is -3.05. The second-order valence-corrected chi connectivity index (χ2v) is 6.75. The minimum Gasteiger partial charge on any atom is -0.488 e. The summed E-state index contributed by atoms with van der Waals surface area (Å²) in [5.74, 6) is 1.42. The van der Waals surface area contributed by atoms with Gasteiger partial charge in [-0.25, -0.2) is 4.98 Å². The van der Waals surface area contributed by atoms with Crippen LogP contribution in [0, 0.1) is 0 Å². The van der Waals surface area contributed by atoms with E-state index in [2.05, 4.69) is 10.3 Å². The molecule has 0 saturated carbocycles. The number of hydrogen-bond acceptors (Lipinski definition) is 3. The fourth-order valence-electron chi connectivity index (χ4n) is 3.02. The molecule has 0 saturated heterocycles. The van der Waals surface area contributed by atoms with Crippen LogP contribution in [0.5, 0.6) is 5.75 Å². The van der Waals surface area contributed by atoms with Gasteiger partial charge in [0.25, 0.3) is 0 Å². The summed E-state index contributed by atoms with van der Waals surface area (Å²) in [4.78, 5) is 16.7. The van der Waals surface area contributed by atoms with E-state index in [9.17, 15) is 4.79 Å². The van der Waals surface area contributed by atoms with Crippen molar-refractivity contribution >= 4 is 34.6 Å². The summed E-state index contributed by atoms with van der Waals surface area (Å²) in [5.41, 5.74) is 3.77. The first-order valence-electron chi connectivity index (χ1n) is 8.59. The summed E-state index contributed by atoms with van der Waals surface area (Å²) in [6.07, 6.45) is 5.24. The summed E-state index contributed by atoms with van der Waals surface area (Å²) < 4.78 is 7.66. The molecule has 5 nitrogen and oxygen atoms in total. The molecule has 4 rings (SSSR count). The zero-order chi connectivity index (χ0) is 18.8. The van der Waals surface area contributed by atoms with Crippen LogP contribution in [0.25, 0.3) is 17.1 Å². The van der Waals surface area contributed by atoms with E-state index in [0.717, 1.165) is 33.7 Å². The van der Waals surface area contributed by atoms with Crippen molar-refractivity contribution in [2.45, 2.75) is 6.54 Å². The lowest BCUT2D eigenvalue weighted by molar-refractivity contribution is -0.116. The molecule has 3 aromatic rings. The van der Waals surface area contributed by atoms with Gasteiger partial charge < -0.3 is 14.6 Å². The predicted octanol–water partition coefficient (Wildman–Crippen LogP) is 3.88. The third-order valence-electron chi connectivity index (χ3n) is 4.46. The number of halogens is 1. The summed E-state index contributed by atoms with van der Waals surface area (Å²) in [6, 6.07) is 13.4. The van der Waals surface area contributed by atoms with E-state index in [4.69, 9.17) is 16.3 Å². The van der Waals surface area contributed by atoms with Gasteiger partial charge in [-0.3, -0.25) is 4.79 Å². The van der Waals surface area contributed by atoms with Crippen LogP contribution >= 0.6 is 11.6 Å². The third kappa shape index (κ3) is 3.73. The number of imidazole rings is 1. The van der Waals surface area contributed by atoms with E-state index in [1.807, 2.05) is 54.1 Å². The smallest absolute Gasteiger partial charge is 0.244 e. The SMILES string of the molecule is Cn1c(CNC(=O)/C=C/C2=Cc3cc(Cl)ccc3OC2)nc2ccccc21. The summed E-state index contributed by atoms with van der Waals surface area (Å²) in [6.45, 7) is 0.783. The van der Waals surface area contributed by atoms with Crippen molar-refractivity contribution in [2.24, 2.45) is 7.05 Å². The van der Waals surface area contributed by atoms with Gasteiger partial charge in [-0.15, -0.1) is 0 Å². The number of aromatic nitrogens is 2. The Labute approximate surface area is 161 Å². The van der Waals surface area contributed by atoms with Crippen molar-refractivity contribution in [3.63, 3.8) is 0 Å². The molecule has 0 unspecified atom stereocenters. The van der Waals surface area contributed by atoms with E-state index in [0.29, 0.717) is 18.2 Å². The number of benzene rings is 2. The Morgan fingerprint density at radius 3 is 3.04 bits per heavy atom. The Morgan fingerprint density at radius 2 is 2.19 bits per heavy atom. The molecule has 136 valence electrons. The van der Waals surface area contributed by atoms with Crippen molar-refractivity contribution in [2.75, 3.05) is 6.61 Å². The first-order valence-corrected chi connectivity index (χ1v) is 8.97. The van der Waals surface area contributed by atoms with Gasteiger partial charge in [0.2, 0.25) is 5.91 Å². The number of hydrogen-bond donors (Lipinski definition) is 1. The van der Waals surface area contributed by atoms with Gasteiger partial charge in [0, 0.05) is 23.7 Å². The van der Waals surface area contributed by atoms with Crippen LogP contribution in [-0.4, -0.2) is 22.1 Å². The number of aryl methyl sites for hydroxylation is 1. The molecule has 0 aliphatic carbocycles. The fourth-order valence-corrected chi connectivity index (χ4v) is 3.20. The Bertz CT molecular complexity index is 1080. The molecule has 0 bridgehead atoms. The number of fused-ring (bicyclic) bond motifs is 2. The summed E-state index contributed by atoms with van der Waals surface area (Å²) in [7, 11) is 1.94. The van der Waals surface area contributed by atoms with Gasteiger partial charge in [-0.1, -0.05) is 29.8 Å². The molecular weight excluding hydrogens is 362 g/mol. The van der Waals surface area contributed by atoms with E-state index < -0.39 is 0 Å². The summed E-state index contributed by atoms with van der Waals surface area (Å²) in [5, 5.41) is 3.52. The quantitative estimate of drug-likeness (QED) is 0.700. The Morgan fingerprint density at radius 1 is 1.33 bits per heavy atom. The predicted molar refractivity (Wildman–Crippen MR) is 107 cm³/mol. The highest BCUT2D eigenvalue weighted by Gasteiger charge is 2.11. The van der Waals surface area contributed by atoms with Gasteiger partial charge >= 0.3 is 0 Å². The maximum atomic E-state index is 12.2. The molecule has 1 N–H and O–H groups in total. The van der Waals surface area contributed by atoms with E-state index >= 15 is 0 Å². The molecule has 1 aliphatic rings. The maximum Gasteiger partial charge on any atom is 0.244 e. The van der Waals surface area contributed by atoms with Gasteiger partial charge in [0.15, 0.2) is 0 Å². The number of para-hydroxylation sites is 2. The Balaban J connectivity index is 1.41. The van der Waals surface area contributed by atoms with Crippen molar-refractivity contribution in [3.8, 4) is 5.75 Å². The third-order valence-corrected chi connectivity index (χ3v) is 4.69. The van der Waals surface area contributed by atoms with Gasteiger partial charge in [0.1, 0.15) is 18.2 Å². The molecule has 1 aromatic heterocycles. The van der Waals surface area contributed by atoms with E-state index in [1.54, 1.807) is 12.1 Å². The van der Waals surface area contributed by atoms with Crippen molar-refractivity contribution < 1.29 is 9.53 Å². The van der Waals surface area contributed by atoms with Gasteiger partial charge in [-0.2, -0.15) is 0 Å². The zero-order valence-electron chi connectivity index (χ0n) is 14.8. The first kappa shape index (κ1) is 17.4. The number of carbonyl (C=O) groups excluding carboxylic acids is 1. The lowest BCUT2D eigenvalue weighted by Crippen LogP contribution is -2.22. The van der Waals surface area contributed by atoms with Crippen LogP contribution < -0.4 is 10.1 Å². The molecule has 1 amide bonds.